The second-order valence-corrected chi connectivity index (χ2v) is 7.24. The normalized spacial score (nSPS) is 13.3. The van der Waals surface area contributed by atoms with Gasteiger partial charge in [0.25, 0.3) is 0 Å². The van der Waals surface area contributed by atoms with Crippen LogP contribution in [-0.2, 0) is 4.79 Å². The fraction of sp³-hybridized carbons (Fsp3) is 0.286. The highest BCUT2D eigenvalue weighted by atomic mass is 35.5. The molecule has 3 rings (SSSR count). The fourth-order valence-electron chi connectivity index (χ4n) is 3.06. The molecule has 28 heavy (non-hydrogen) atoms. The lowest BCUT2D eigenvalue weighted by molar-refractivity contribution is -0.123. The maximum absolute atomic E-state index is 12.5. The number of amides is 1. The number of benzene rings is 2. The molecule has 0 spiro atoms. The molecule has 6 nitrogen and oxygen atoms in total. The summed E-state index contributed by atoms with van der Waals surface area (Å²) in [7, 11) is 1.94. The van der Waals surface area contributed by atoms with Crippen LogP contribution in [0.4, 0.5) is 0 Å². The van der Waals surface area contributed by atoms with Crippen molar-refractivity contribution in [2.45, 2.75) is 25.9 Å². The summed E-state index contributed by atoms with van der Waals surface area (Å²) in [6.45, 7) is 4.31. The minimum Gasteiger partial charge on any atom is -0.348 e. The zero-order valence-corrected chi connectivity index (χ0v) is 17.0. The average molecular weight is 398 g/mol. The molecule has 1 heterocycles. The van der Waals surface area contributed by atoms with E-state index in [1.807, 2.05) is 67.4 Å². The molecule has 146 valence electrons. The van der Waals surface area contributed by atoms with Crippen molar-refractivity contribution in [1.82, 2.24) is 25.0 Å². The van der Waals surface area contributed by atoms with Crippen LogP contribution in [0.5, 0.6) is 0 Å². The van der Waals surface area contributed by atoms with Gasteiger partial charge in [0.2, 0.25) is 5.91 Å². The summed E-state index contributed by atoms with van der Waals surface area (Å²) in [5.74, 6) is -0.0407. The summed E-state index contributed by atoms with van der Waals surface area (Å²) >= 11 is 6.22. The number of hydrogen-bond acceptors (Lipinski definition) is 4. The molecule has 0 fully saturated rings. The number of hydrogen-bond donors (Lipinski definition) is 1. The number of carbonyl (C=O) groups is 1. The monoisotopic (exact) mass is 397 g/mol. The molecule has 1 amide bonds. The summed E-state index contributed by atoms with van der Waals surface area (Å²) in [6.07, 6.45) is 3.17. The van der Waals surface area contributed by atoms with Crippen molar-refractivity contribution in [1.29, 1.82) is 0 Å². The molecule has 3 aromatic rings. The Morgan fingerprint density at radius 1 is 1.18 bits per heavy atom. The first-order valence-electron chi connectivity index (χ1n) is 9.14. The molecule has 0 radical (unpaired) electrons. The molecule has 1 N–H and O–H groups in total. The van der Waals surface area contributed by atoms with E-state index >= 15 is 0 Å². The minimum absolute atomic E-state index is 0.0407. The molecule has 1 aromatic heterocycles. The molecule has 0 saturated carbocycles. The first-order valence-corrected chi connectivity index (χ1v) is 9.52. The quantitative estimate of drug-likeness (QED) is 0.658. The summed E-state index contributed by atoms with van der Waals surface area (Å²) < 4.78 is 1.71. The van der Waals surface area contributed by atoms with Crippen molar-refractivity contribution in [3.63, 3.8) is 0 Å². The topological polar surface area (TPSA) is 63.1 Å². The summed E-state index contributed by atoms with van der Waals surface area (Å²) in [5.41, 5.74) is 2.98. The molecule has 2 aromatic carbocycles. The van der Waals surface area contributed by atoms with E-state index in [9.17, 15) is 4.79 Å². The van der Waals surface area contributed by atoms with Gasteiger partial charge in [0, 0.05) is 11.1 Å². The lowest BCUT2D eigenvalue weighted by Crippen LogP contribution is -2.37. The van der Waals surface area contributed by atoms with E-state index < -0.39 is 0 Å². The molecule has 0 bridgehead atoms. The Balaban J connectivity index is 1.58. The van der Waals surface area contributed by atoms with E-state index in [0.29, 0.717) is 11.6 Å². The smallest absolute Gasteiger partial charge is 0.234 e. The minimum atomic E-state index is -0.146. The third-order valence-electron chi connectivity index (χ3n) is 4.86. The number of carbonyl (C=O) groups excluding carboxylic acids is 1. The fourth-order valence-corrected chi connectivity index (χ4v) is 3.36. The van der Waals surface area contributed by atoms with Gasteiger partial charge in [0.1, 0.15) is 12.7 Å². The van der Waals surface area contributed by atoms with Crippen molar-refractivity contribution in [2.75, 3.05) is 13.6 Å². The molecule has 2 unspecified atom stereocenters. The first-order chi connectivity index (χ1) is 13.5. The molecule has 7 heteroatoms. The zero-order chi connectivity index (χ0) is 20.1. The summed E-state index contributed by atoms with van der Waals surface area (Å²) in [6, 6.07) is 15.6. The van der Waals surface area contributed by atoms with Gasteiger partial charge in [-0.3, -0.25) is 9.69 Å². The molecular weight excluding hydrogens is 374 g/mol. The standard InChI is InChI=1S/C21H24ClN5O/c1-15(19-6-4-5-7-20(19)22)25-21(28)12-26(3)16(2)17-8-10-18(11-9-17)27-14-23-13-24-27/h4-11,13-16H,12H2,1-3H3,(H,25,28). The van der Waals surface area contributed by atoms with E-state index in [1.54, 1.807) is 11.0 Å². The van der Waals surface area contributed by atoms with Crippen LogP contribution < -0.4 is 5.32 Å². The van der Waals surface area contributed by atoms with Gasteiger partial charge in [-0.1, -0.05) is 41.9 Å². The van der Waals surface area contributed by atoms with E-state index in [0.717, 1.165) is 16.8 Å². The van der Waals surface area contributed by atoms with Crippen LogP contribution in [0, 0.1) is 0 Å². The highest BCUT2D eigenvalue weighted by Crippen LogP contribution is 2.23. The average Bonchev–Trinajstić information content (AvgIpc) is 3.22. The highest BCUT2D eigenvalue weighted by Gasteiger charge is 2.17. The highest BCUT2D eigenvalue weighted by molar-refractivity contribution is 6.31. The predicted octanol–water partition coefficient (Wildman–Crippen LogP) is 3.79. The van der Waals surface area contributed by atoms with Crippen molar-refractivity contribution in [2.24, 2.45) is 0 Å². The number of nitrogens with zero attached hydrogens (tertiary/aromatic N) is 4. The van der Waals surface area contributed by atoms with Crippen molar-refractivity contribution in [3.05, 3.63) is 77.3 Å². The van der Waals surface area contributed by atoms with Crippen molar-refractivity contribution in [3.8, 4) is 5.69 Å². The van der Waals surface area contributed by atoms with E-state index in [-0.39, 0.29) is 18.0 Å². The second kappa shape index (κ2) is 8.99. The molecule has 0 saturated heterocycles. The van der Waals surface area contributed by atoms with Crippen molar-refractivity contribution < 1.29 is 4.79 Å². The number of aromatic nitrogens is 3. The van der Waals surface area contributed by atoms with E-state index in [2.05, 4.69) is 22.3 Å². The predicted molar refractivity (Wildman–Crippen MR) is 110 cm³/mol. The Hall–Kier alpha value is -2.70. The van der Waals surface area contributed by atoms with Gasteiger partial charge in [0.05, 0.1) is 18.3 Å². The molecule has 0 aliphatic carbocycles. The van der Waals surface area contributed by atoms with Crippen LogP contribution in [0.2, 0.25) is 5.02 Å². The summed E-state index contributed by atoms with van der Waals surface area (Å²) in [5, 5.41) is 7.80. The number of nitrogens with one attached hydrogen (secondary N) is 1. The summed E-state index contributed by atoms with van der Waals surface area (Å²) in [4.78, 5) is 18.5. The lowest BCUT2D eigenvalue weighted by Gasteiger charge is -2.25. The number of halogens is 1. The van der Waals surface area contributed by atoms with Crippen LogP contribution in [0.1, 0.15) is 37.1 Å². The van der Waals surface area contributed by atoms with E-state index in [1.165, 1.54) is 6.33 Å². The van der Waals surface area contributed by atoms with Gasteiger partial charge in [-0.05, 0) is 50.2 Å². The van der Waals surface area contributed by atoms with Gasteiger partial charge in [-0.15, -0.1) is 0 Å². The lowest BCUT2D eigenvalue weighted by atomic mass is 10.1. The van der Waals surface area contributed by atoms with Crippen LogP contribution in [0.3, 0.4) is 0 Å². The third-order valence-corrected chi connectivity index (χ3v) is 5.21. The van der Waals surface area contributed by atoms with Gasteiger partial charge in [0.15, 0.2) is 0 Å². The first kappa shape index (κ1) is 20.0. The SMILES string of the molecule is CC(NC(=O)CN(C)C(C)c1ccc(-n2cncn2)cc1)c1ccccc1Cl. The maximum Gasteiger partial charge on any atom is 0.234 e. The van der Waals surface area contributed by atoms with Gasteiger partial charge < -0.3 is 5.32 Å². The molecular formula is C21H24ClN5O. The Morgan fingerprint density at radius 3 is 2.54 bits per heavy atom. The van der Waals surface area contributed by atoms with E-state index in [4.69, 9.17) is 11.6 Å². The Labute approximate surface area is 170 Å². The molecule has 0 aliphatic rings. The Kier molecular flexibility index (Phi) is 6.44. The van der Waals surface area contributed by atoms with Gasteiger partial charge in [-0.2, -0.15) is 5.10 Å². The molecule has 2 atom stereocenters. The third kappa shape index (κ3) is 4.77. The van der Waals surface area contributed by atoms with Gasteiger partial charge >= 0.3 is 0 Å². The second-order valence-electron chi connectivity index (χ2n) is 6.83. The van der Waals surface area contributed by atoms with Crippen LogP contribution in [0.25, 0.3) is 5.69 Å². The van der Waals surface area contributed by atoms with Crippen molar-refractivity contribution >= 4 is 17.5 Å². The van der Waals surface area contributed by atoms with Crippen LogP contribution in [-0.4, -0.2) is 39.2 Å². The maximum atomic E-state index is 12.5. The zero-order valence-electron chi connectivity index (χ0n) is 16.2. The largest absolute Gasteiger partial charge is 0.348 e. The Morgan fingerprint density at radius 2 is 1.89 bits per heavy atom. The number of rotatable bonds is 7. The van der Waals surface area contributed by atoms with Gasteiger partial charge in [-0.25, -0.2) is 9.67 Å². The number of likely N-dealkylation sites (N-methyl/N-ethyl adjacent to an activating group) is 1. The molecule has 0 aliphatic heterocycles. The Bertz CT molecular complexity index is 911. The van der Waals surface area contributed by atoms with Crippen LogP contribution >= 0.6 is 11.6 Å². The van der Waals surface area contributed by atoms with Crippen LogP contribution in [0.15, 0.2) is 61.2 Å².